The van der Waals surface area contributed by atoms with Gasteiger partial charge in [0.15, 0.2) is 5.79 Å². The summed E-state index contributed by atoms with van der Waals surface area (Å²) >= 11 is 0. The zero-order valence-electron chi connectivity index (χ0n) is 16.8. The molecule has 2 aromatic heterocycles. The second-order valence-corrected chi connectivity index (χ2v) is 8.48. The maximum absolute atomic E-state index is 14.0. The van der Waals surface area contributed by atoms with Crippen molar-refractivity contribution in [2.75, 3.05) is 20.3 Å². The minimum atomic E-state index is -0.347. The Morgan fingerprint density at radius 1 is 1.13 bits per heavy atom. The number of benzene rings is 1. The van der Waals surface area contributed by atoms with Gasteiger partial charge in [-0.15, -0.1) is 0 Å². The van der Waals surface area contributed by atoms with E-state index in [0.717, 1.165) is 47.1 Å². The van der Waals surface area contributed by atoms with Gasteiger partial charge in [-0.2, -0.15) is 0 Å². The van der Waals surface area contributed by atoms with Crippen LogP contribution in [0.2, 0.25) is 0 Å². The maximum atomic E-state index is 14.0. The van der Waals surface area contributed by atoms with Crippen molar-refractivity contribution in [2.45, 2.75) is 25.0 Å². The molecule has 2 aliphatic carbocycles. The van der Waals surface area contributed by atoms with E-state index in [1.54, 1.807) is 19.4 Å². The lowest BCUT2D eigenvalue weighted by molar-refractivity contribution is -0.153. The van der Waals surface area contributed by atoms with E-state index in [1.165, 1.54) is 17.7 Å². The van der Waals surface area contributed by atoms with Crippen LogP contribution < -0.4 is 4.74 Å². The standard InChI is InChI=1S/C24H23FN2O3/c1-28-22-3-2-17(25)10-19(22)18-4-5-26-23-20(18)11-21(27-23)14-8-15-12-24(13-16(15)9-14)29-6-7-30-24/h2-5,8,10-11,15-16H,6-7,9,12-13H2,1H3,(H,26,27). The highest BCUT2D eigenvalue weighted by Crippen LogP contribution is 2.52. The average molecular weight is 406 g/mol. The molecule has 1 N–H and O–H groups in total. The van der Waals surface area contributed by atoms with E-state index in [9.17, 15) is 4.39 Å². The molecule has 3 aliphatic rings. The molecule has 5 nitrogen and oxygen atoms in total. The molecule has 1 saturated heterocycles. The van der Waals surface area contributed by atoms with Crippen molar-refractivity contribution in [1.82, 2.24) is 9.97 Å². The van der Waals surface area contributed by atoms with Gasteiger partial charge in [0, 0.05) is 35.7 Å². The van der Waals surface area contributed by atoms with Crippen molar-refractivity contribution in [3.63, 3.8) is 0 Å². The first-order chi connectivity index (χ1) is 14.6. The maximum Gasteiger partial charge on any atom is 0.169 e. The van der Waals surface area contributed by atoms with Crippen LogP contribution >= 0.6 is 0 Å². The van der Waals surface area contributed by atoms with Gasteiger partial charge in [-0.05, 0) is 59.7 Å². The van der Waals surface area contributed by atoms with Gasteiger partial charge in [0.25, 0.3) is 0 Å². The Kier molecular flexibility index (Phi) is 4.01. The normalized spacial score (nSPS) is 24.5. The van der Waals surface area contributed by atoms with Crippen molar-refractivity contribution in [2.24, 2.45) is 11.8 Å². The molecule has 3 aromatic rings. The van der Waals surface area contributed by atoms with Crippen molar-refractivity contribution in [3.8, 4) is 16.9 Å². The molecule has 1 spiro atoms. The third-order valence-electron chi connectivity index (χ3n) is 6.77. The Hall–Kier alpha value is -2.70. The number of fused-ring (bicyclic) bond motifs is 2. The molecule has 6 heteroatoms. The summed E-state index contributed by atoms with van der Waals surface area (Å²) < 4.78 is 31.3. The van der Waals surface area contributed by atoms with Crippen LogP contribution in [0.1, 0.15) is 25.0 Å². The molecule has 6 rings (SSSR count). The summed E-state index contributed by atoms with van der Waals surface area (Å²) in [5.41, 5.74) is 4.82. The number of H-pyrrole nitrogens is 1. The predicted molar refractivity (Wildman–Crippen MR) is 111 cm³/mol. The summed E-state index contributed by atoms with van der Waals surface area (Å²) in [5, 5.41) is 0.966. The summed E-state index contributed by atoms with van der Waals surface area (Å²) in [4.78, 5) is 7.98. The van der Waals surface area contributed by atoms with E-state index in [1.807, 2.05) is 6.07 Å². The van der Waals surface area contributed by atoms with Crippen LogP contribution in [-0.2, 0) is 9.47 Å². The molecule has 2 unspecified atom stereocenters. The number of hydrogen-bond donors (Lipinski definition) is 1. The molecule has 0 radical (unpaired) electrons. The Labute approximate surface area is 173 Å². The molecule has 0 amide bonds. The summed E-state index contributed by atoms with van der Waals surface area (Å²) in [6.45, 7) is 1.41. The molecule has 154 valence electrons. The number of rotatable bonds is 3. The lowest BCUT2D eigenvalue weighted by Gasteiger charge is -2.22. The van der Waals surface area contributed by atoms with Crippen molar-refractivity contribution in [3.05, 3.63) is 54.1 Å². The highest BCUT2D eigenvalue weighted by Gasteiger charge is 2.50. The Morgan fingerprint density at radius 2 is 2.00 bits per heavy atom. The van der Waals surface area contributed by atoms with Crippen LogP contribution in [0, 0.1) is 17.7 Å². The second-order valence-electron chi connectivity index (χ2n) is 8.48. The Morgan fingerprint density at radius 3 is 2.80 bits per heavy atom. The minimum absolute atomic E-state index is 0.289. The van der Waals surface area contributed by atoms with Crippen LogP contribution in [-0.4, -0.2) is 36.1 Å². The van der Waals surface area contributed by atoms with Crippen LogP contribution in [0.15, 0.2) is 42.6 Å². The Balaban J connectivity index is 1.37. The molecule has 1 aliphatic heterocycles. The fraction of sp³-hybridized carbons (Fsp3) is 0.375. The molecule has 2 atom stereocenters. The first-order valence-corrected chi connectivity index (χ1v) is 10.4. The lowest BCUT2D eigenvalue weighted by atomic mass is 9.99. The van der Waals surface area contributed by atoms with Crippen molar-refractivity contribution < 1.29 is 18.6 Å². The molecule has 30 heavy (non-hydrogen) atoms. The second kappa shape index (κ2) is 6.65. The molecule has 0 bridgehead atoms. The highest BCUT2D eigenvalue weighted by atomic mass is 19.1. The summed E-state index contributed by atoms with van der Waals surface area (Å²) in [7, 11) is 1.60. The van der Waals surface area contributed by atoms with Crippen molar-refractivity contribution in [1.29, 1.82) is 0 Å². The van der Waals surface area contributed by atoms with Crippen LogP contribution in [0.4, 0.5) is 4.39 Å². The first kappa shape index (κ1) is 18.1. The Bertz CT molecular complexity index is 1160. The molecule has 2 fully saturated rings. The number of nitrogens with zero attached hydrogens (tertiary/aromatic N) is 1. The monoisotopic (exact) mass is 406 g/mol. The van der Waals surface area contributed by atoms with E-state index in [-0.39, 0.29) is 11.6 Å². The van der Waals surface area contributed by atoms with Gasteiger partial charge in [0.1, 0.15) is 17.2 Å². The largest absolute Gasteiger partial charge is 0.496 e. The smallest absolute Gasteiger partial charge is 0.169 e. The van der Waals surface area contributed by atoms with Gasteiger partial charge in [-0.25, -0.2) is 9.37 Å². The van der Waals surface area contributed by atoms with Gasteiger partial charge in [0.05, 0.1) is 20.3 Å². The van der Waals surface area contributed by atoms with Crippen LogP contribution in [0.3, 0.4) is 0 Å². The molecule has 3 heterocycles. The van der Waals surface area contributed by atoms with Crippen LogP contribution in [0.25, 0.3) is 27.7 Å². The average Bonchev–Trinajstić information content (AvgIpc) is 3.51. The van der Waals surface area contributed by atoms with E-state index in [4.69, 9.17) is 14.2 Å². The number of hydrogen-bond acceptors (Lipinski definition) is 4. The molecular formula is C24H23FN2O3. The number of ether oxygens (including phenoxy) is 3. The van der Waals surface area contributed by atoms with E-state index >= 15 is 0 Å². The first-order valence-electron chi connectivity index (χ1n) is 10.4. The number of allylic oxidation sites excluding steroid dienone is 2. The number of halogens is 1. The quantitative estimate of drug-likeness (QED) is 0.670. The topological polar surface area (TPSA) is 56.4 Å². The zero-order valence-corrected chi connectivity index (χ0v) is 16.8. The number of nitrogens with one attached hydrogen (secondary N) is 1. The SMILES string of the molecule is COc1ccc(F)cc1-c1ccnc2[nH]c(C3=CC4CC5(CC4C3)OCCO5)cc12. The van der Waals surface area contributed by atoms with Crippen LogP contribution in [0.5, 0.6) is 5.75 Å². The number of aromatic nitrogens is 2. The number of pyridine rings is 1. The summed E-state index contributed by atoms with van der Waals surface area (Å²) in [5.74, 6) is 1.05. The molecule has 1 aromatic carbocycles. The zero-order chi connectivity index (χ0) is 20.3. The van der Waals surface area contributed by atoms with Crippen molar-refractivity contribution >= 4 is 16.6 Å². The van der Waals surface area contributed by atoms with E-state index < -0.39 is 0 Å². The number of aromatic amines is 1. The lowest BCUT2D eigenvalue weighted by Crippen LogP contribution is -2.26. The van der Waals surface area contributed by atoms with Gasteiger partial charge < -0.3 is 19.2 Å². The van der Waals surface area contributed by atoms with E-state index in [2.05, 4.69) is 22.1 Å². The highest BCUT2D eigenvalue weighted by molar-refractivity contribution is 5.96. The summed E-state index contributed by atoms with van der Waals surface area (Å²) in [6.07, 6.45) is 7.02. The summed E-state index contributed by atoms with van der Waals surface area (Å²) in [6, 6.07) is 8.63. The third kappa shape index (κ3) is 2.78. The third-order valence-corrected chi connectivity index (χ3v) is 6.77. The molecular weight excluding hydrogens is 383 g/mol. The van der Waals surface area contributed by atoms with E-state index in [0.29, 0.717) is 30.8 Å². The van der Waals surface area contributed by atoms with Gasteiger partial charge in [0.2, 0.25) is 0 Å². The van der Waals surface area contributed by atoms with Gasteiger partial charge in [-0.1, -0.05) is 6.08 Å². The van der Waals surface area contributed by atoms with Gasteiger partial charge >= 0.3 is 0 Å². The fourth-order valence-electron chi connectivity index (χ4n) is 5.45. The fourth-order valence-corrected chi connectivity index (χ4v) is 5.45. The predicted octanol–water partition coefficient (Wildman–Crippen LogP) is 4.93. The molecule has 1 saturated carbocycles. The number of methoxy groups -OCH3 is 1. The minimum Gasteiger partial charge on any atom is -0.496 e. The van der Waals surface area contributed by atoms with Gasteiger partial charge in [-0.3, -0.25) is 0 Å².